The molecule has 1 rings (SSSR count). The average Bonchev–Trinajstić information content (AvgIpc) is 2.30. The third-order valence-electron chi connectivity index (χ3n) is 1.95. The summed E-state index contributed by atoms with van der Waals surface area (Å²) in [5.41, 5.74) is 0. The van der Waals surface area contributed by atoms with Gasteiger partial charge in [0.15, 0.2) is 0 Å². The number of likely N-dealkylation sites (N-methyl/N-ethyl adjacent to an activating group) is 1. The molecule has 1 fully saturated rings. The number of amides is 1. The molecule has 1 heterocycles. The van der Waals surface area contributed by atoms with Crippen LogP contribution in [0, 0.1) is 0 Å². The minimum Gasteiger partial charge on any atom is -0.480 e. The molecule has 0 spiro atoms. The lowest BCUT2D eigenvalue weighted by molar-refractivity contribution is -0.146. The van der Waals surface area contributed by atoms with Crippen LogP contribution in [0.25, 0.3) is 0 Å². The number of aliphatic carboxylic acids is 1. The van der Waals surface area contributed by atoms with Crippen molar-refractivity contribution in [2.75, 3.05) is 6.54 Å². The Labute approximate surface area is 64.8 Å². The molecular weight excluding hydrogens is 146 g/mol. The van der Waals surface area contributed by atoms with Crippen molar-refractivity contribution in [1.29, 1.82) is 0 Å². The first-order chi connectivity index (χ1) is 5.16. The van der Waals surface area contributed by atoms with E-state index < -0.39 is 12.0 Å². The summed E-state index contributed by atoms with van der Waals surface area (Å²) in [7, 11) is 0. The van der Waals surface area contributed by atoms with E-state index in [1.54, 1.807) is 6.92 Å². The fourth-order valence-corrected chi connectivity index (χ4v) is 1.39. The smallest absolute Gasteiger partial charge is 0.326 e. The summed E-state index contributed by atoms with van der Waals surface area (Å²) < 4.78 is 0. The molecule has 62 valence electrons. The topological polar surface area (TPSA) is 57.6 Å². The van der Waals surface area contributed by atoms with E-state index in [1.807, 2.05) is 0 Å². The van der Waals surface area contributed by atoms with Crippen LogP contribution in [0.3, 0.4) is 0 Å². The van der Waals surface area contributed by atoms with E-state index in [9.17, 15) is 9.59 Å². The van der Waals surface area contributed by atoms with Crippen molar-refractivity contribution < 1.29 is 14.7 Å². The molecule has 0 bridgehead atoms. The average molecular weight is 157 g/mol. The monoisotopic (exact) mass is 157 g/mol. The van der Waals surface area contributed by atoms with Gasteiger partial charge in [0, 0.05) is 13.0 Å². The van der Waals surface area contributed by atoms with Crippen LogP contribution in [0.1, 0.15) is 19.8 Å². The second-order valence-corrected chi connectivity index (χ2v) is 2.57. The van der Waals surface area contributed by atoms with Gasteiger partial charge in [-0.05, 0) is 13.3 Å². The van der Waals surface area contributed by atoms with Gasteiger partial charge in [-0.2, -0.15) is 0 Å². The summed E-state index contributed by atoms with van der Waals surface area (Å²) in [4.78, 5) is 22.9. The van der Waals surface area contributed by atoms with Gasteiger partial charge in [-0.25, -0.2) is 4.79 Å². The summed E-state index contributed by atoms with van der Waals surface area (Å²) in [5.74, 6) is -0.933. The van der Waals surface area contributed by atoms with E-state index in [-0.39, 0.29) is 5.91 Å². The zero-order valence-corrected chi connectivity index (χ0v) is 6.41. The Morgan fingerprint density at radius 1 is 1.82 bits per heavy atom. The van der Waals surface area contributed by atoms with Crippen molar-refractivity contribution in [3.05, 3.63) is 0 Å². The molecule has 1 aliphatic heterocycles. The zero-order chi connectivity index (χ0) is 8.43. The maximum atomic E-state index is 11.0. The van der Waals surface area contributed by atoms with E-state index in [2.05, 4.69) is 0 Å². The van der Waals surface area contributed by atoms with Crippen molar-refractivity contribution in [2.24, 2.45) is 0 Å². The molecule has 0 aromatic carbocycles. The number of carboxylic acid groups (broad SMARTS) is 1. The van der Waals surface area contributed by atoms with Gasteiger partial charge in [0.1, 0.15) is 6.04 Å². The number of carboxylic acids is 1. The summed E-state index contributed by atoms with van der Waals surface area (Å²) in [6.45, 7) is 2.29. The van der Waals surface area contributed by atoms with Gasteiger partial charge in [0.2, 0.25) is 5.91 Å². The van der Waals surface area contributed by atoms with E-state index in [0.29, 0.717) is 19.4 Å². The Balaban J connectivity index is 2.68. The van der Waals surface area contributed by atoms with Gasteiger partial charge >= 0.3 is 5.97 Å². The molecule has 1 unspecified atom stereocenters. The van der Waals surface area contributed by atoms with Crippen LogP contribution in [0.2, 0.25) is 0 Å². The molecule has 1 amide bonds. The van der Waals surface area contributed by atoms with Crippen molar-refractivity contribution in [2.45, 2.75) is 25.8 Å². The van der Waals surface area contributed by atoms with Crippen LogP contribution in [0.5, 0.6) is 0 Å². The largest absolute Gasteiger partial charge is 0.480 e. The van der Waals surface area contributed by atoms with Crippen LogP contribution in [0.4, 0.5) is 0 Å². The standard InChI is InChI=1S/C7H11NO3/c1-2-8-5(7(10)11)3-4-6(8)9/h5H,2-4H2,1H3,(H,10,11). The fourth-order valence-electron chi connectivity index (χ4n) is 1.39. The summed E-state index contributed by atoms with van der Waals surface area (Å²) >= 11 is 0. The van der Waals surface area contributed by atoms with Crippen LogP contribution >= 0.6 is 0 Å². The number of rotatable bonds is 2. The van der Waals surface area contributed by atoms with Crippen LogP contribution < -0.4 is 0 Å². The first-order valence-corrected chi connectivity index (χ1v) is 3.69. The Morgan fingerprint density at radius 3 is 2.82 bits per heavy atom. The van der Waals surface area contributed by atoms with E-state index >= 15 is 0 Å². The highest BCUT2D eigenvalue weighted by molar-refractivity contribution is 5.87. The lowest BCUT2D eigenvalue weighted by Gasteiger charge is -2.18. The number of nitrogens with zero attached hydrogens (tertiary/aromatic N) is 1. The van der Waals surface area contributed by atoms with Gasteiger partial charge in [-0.15, -0.1) is 0 Å². The zero-order valence-electron chi connectivity index (χ0n) is 6.41. The van der Waals surface area contributed by atoms with Gasteiger partial charge in [0.05, 0.1) is 0 Å². The highest BCUT2D eigenvalue weighted by Gasteiger charge is 2.34. The number of likely N-dealkylation sites (tertiary alicyclic amines) is 1. The van der Waals surface area contributed by atoms with Gasteiger partial charge in [0.25, 0.3) is 0 Å². The lowest BCUT2D eigenvalue weighted by Crippen LogP contribution is -2.38. The maximum Gasteiger partial charge on any atom is 0.326 e. The molecule has 0 aromatic heterocycles. The van der Waals surface area contributed by atoms with Crippen LogP contribution in [0.15, 0.2) is 0 Å². The van der Waals surface area contributed by atoms with Crippen molar-refractivity contribution in [3.8, 4) is 0 Å². The Hall–Kier alpha value is -1.06. The van der Waals surface area contributed by atoms with E-state index in [1.165, 1.54) is 4.90 Å². The number of carbonyl (C=O) groups excluding carboxylic acids is 1. The summed E-state index contributed by atoms with van der Waals surface area (Å²) in [5, 5.41) is 8.64. The third kappa shape index (κ3) is 1.34. The first kappa shape index (κ1) is 8.04. The minimum absolute atomic E-state index is 0.0418. The van der Waals surface area contributed by atoms with Gasteiger partial charge in [-0.1, -0.05) is 0 Å². The summed E-state index contributed by atoms with van der Waals surface area (Å²) in [6.07, 6.45) is 0.840. The van der Waals surface area contributed by atoms with Crippen molar-refractivity contribution >= 4 is 11.9 Å². The van der Waals surface area contributed by atoms with Crippen LogP contribution in [-0.4, -0.2) is 34.5 Å². The van der Waals surface area contributed by atoms with E-state index in [4.69, 9.17) is 5.11 Å². The molecule has 0 saturated carbocycles. The molecule has 4 nitrogen and oxygen atoms in total. The van der Waals surface area contributed by atoms with Crippen molar-refractivity contribution in [1.82, 2.24) is 4.90 Å². The second-order valence-electron chi connectivity index (χ2n) is 2.57. The molecule has 1 atom stereocenters. The Kier molecular flexibility index (Phi) is 2.12. The highest BCUT2D eigenvalue weighted by Crippen LogP contribution is 2.17. The molecule has 0 aromatic rings. The molecular formula is C7H11NO3. The Morgan fingerprint density at radius 2 is 2.45 bits per heavy atom. The third-order valence-corrected chi connectivity index (χ3v) is 1.95. The number of hydrogen-bond donors (Lipinski definition) is 1. The highest BCUT2D eigenvalue weighted by atomic mass is 16.4. The molecule has 1 N–H and O–H groups in total. The predicted molar refractivity (Wildman–Crippen MR) is 38.0 cm³/mol. The first-order valence-electron chi connectivity index (χ1n) is 3.69. The second kappa shape index (κ2) is 2.90. The molecule has 4 heteroatoms. The number of carbonyl (C=O) groups is 2. The predicted octanol–water partition coefficient (Wildman–Crippen LogP) is 0.0819. The van der Waals surface area contributed by atoms with Crippen LogP contribution in [-0.2, 0) is 9.59 Å². The van der Waals surface area contributed by atoms with Gasteiger partial charge in [-0.3, -0.25) is 4.79 Å². The molecule has 0 aliphatic carbocycles. The lowest BCUT2D eigenvalue weighted by atomic mass is 10.2. The summed E-state index contributed by atoms with van der Waals surface area (Å²) in [6, 6.07) is -0.576. The normalized spacial score (nSPS) is 24.3. The Bertz CT molecular complexity index is 190. The maximum absolute atomic E-state index is 11.0. The van der Waals surface area contributed by atoms with Gasteiger partial charge < -0.3 is 10.0 Å². The quantitative estimate of drug-likeness (QED) is 0.617. The molecule has 1 saturated heterocycles. The van der Waals surface area contributed by atoms with Crippen molar-refractivity contribution in [3.63, 3.8) is 0 Å². The molecule has 1 aliphatic rings. The molecule has 11 heavy (non-hydrogen) atoms. The molecule has 0 radical (unpaired) electrons. The minimum atomic E-state index is -0.891. The SMILES string of the molecule is CCN1C(=O)CCC1C(=O)O. The number of hydrogen-bond acceptors (Lipinski definition) is 2. The fraction of sp³-hybridized carbons (Fsp3) is 0.714. The van der Waals surface area contributed by atoms with E-state index in [0.717, 1.165) is 0 Å².